The van der Waals surface area contributed by atoms with E-state index in [2.05, 4.69) is 0 Å². The zero-order valence-electron chi connectivity index (χ0n) is 15.7. The molecule has 0 unspecified atom stereocenters. The Morgan fingerprint density at radius 3 is 2.46 bits per heavy atom. The van der Waals surface area contributed by atoms with Crippen molar-refractivity contribution in [1.29, 1.82) is 0 Å². The van der Waals surface area contributed by atoms with Crippen molar-refractivity contribution in [2.45, 2.75) is 40.0 Å². The highest BCUT2D eigenvalue weighted by atomic mass is 16.5. The molecule has 0 heterocycles. The number of hydrogen-bond donors (Lipinski definition) is 2. The molecule has 0 bridgehead atoms. The van der Waals surface area contributed by atoms with Crippen LogP contribution in [0.3, 0.4) is 0 Å². The summed E-state index contributed by atoms with van der Waals surface area (Å²) in [6.45, 7) is 6.35. The zero-order chi connectivity index (χ0) is 19.1. The Balaban J connectivity index is 1.94. The van der Waals surface area contributed by atoms with Crippen LogP contribution in [0.2, 0.25) is 0 Å². The molecule has 0 aliphatic carbocycles. The van der Waals surface area contributed by atoms with Crippen LogP contribution < -0.4 is 15.2 Å². The minimum atomic E-state index is -0.155. The molecular weight excluding hydrogens is 330 g/mol. The first-order valence-electron chi connectivity index (χ1n) is 8.92. The first kappa shape index (κ1) is 19.6. The fraction of sp³-hybridized carbons (Fsp3) is 0.381. The summed E-state index contributed by atoms with van der Waals surface area (Å²) in [7, 11) is 0. The lowest BCUT2D eigenvalue weighted by atomic mass is 10.0. The molecule has 0 amide bonds. The van der Waals surface area contributed by atoms with E-state index in [4.69, 9.17) is 15.2 Å². The van der Waals surface area contributed by atoms with Gasteiger partial charge in [-0.25, -0.2) is 0 Å². The average molecular weight is 357 g/mol. The van der Waals surface area contributed by atoms with Gasteiger partial charge in [-0.1, -0.05) is 19.4 Å². The third-order valence-corrected chi connectivity index (χ3v) is 4.25. The molecule has 26 heavy (non-hydrogen) atoms. The van der Waals surface area contributed by atoms with E-state index in [1.807, 2.05) is 32.0 Å². The standard InChI is InChI=1S/C21H27NO4/c1-4-7-17-20(11-10-16(15(3)23)21(17)24)26-13-6-12-25-19-9-5-8-18(22)14(19)2/h5,8-11,24H,4,6-7,12-13,22H2,1-3H3. The predicted molar refractivity (Wildman–Crippen MR) is 103 cm³/mol. The van der Waals surface area contributed by atoms with Gasteiger partial charge in [-0.05, 0) is 44.5 Å². The van der Waals surface area contributed by atoms with E-state index in [1.165, 1.54) is 6.92 Å². The summed E-state index contributed by atoms with van der Waals surface area (Å²) in [4.78, 5) is 11.6. The summed E-state index contributed by atoms with van der Waals surface area (Å²) in [5.74, 6) is 1.27. The van der Waals surface area contributed by atoms with Crippen LogP contribution in [0.5, 0.6) is 17.2 Å². The smallest absolute Gasteiger partial charge is 0.163 e. The molecule has 5 heteroatoms. The summed E-state index contributed by atoms with van der Waals surface area (Å²) in [5.41, 5.74) is 8.54. The highest BCUT2D eigenvalue weighted by Crippen LogP contribution is 2.33. The summed E-state index contributed by atoms with van der Waals surface area (Å²) in [5, 5.41) is 10.3. The molecule has 0 saturated carbocycles. The second-order valence-corrected chi connectivity index (χ2v) is 6.27. The van der Waals surface area contributed by atoms with Crippen molar-refractivity contribution in [1.82, 2.24) is 0 Å². The number of phenolic OH excluding ortho intramolecular Hbond substituents is 1. The Morgan fingerprint density at radius 1 is 1.12 bits per heavy atom. The molecule has 2 aromatic carbocycles. The maximum Gasteiger partial charge on any atom is 0.163 e. The van der Waals surface area contributed by atoms with Crippen LogP contribution in [-0.4, -0.2) is 24.1 Å². The Morgan fingerprint density at radius 2 is 1.81 bits per heavy atom. The van der Waals surface area contributed by atoms with Crippen LogP contribution in [0.4, 0.5) is 5.69 Å². The van der Waals surface area contributed by atoms with Gasteiger partial charge in [0.1, 0.15) is 17.2 Å². The number of hydrogen-bond acceptors (Lipinski definition) is 5. The van der Waals surface area contributed by atoms with Crippen molar-refractivity contribution in [3.8, 4) is 17.2 Å². The van der Waals surface area contributed by atoms with E-state index in [0.717, 1.165) is 17.7 Å². The lowest BCUT2D eigenvalue weighted by Crippen LogP contribution is -2.08. The van der Waals surface area contributed by atoms with Crippen LogP contribution in [0.1, 0.15) is 48.2 Å². The number of nitrogens with two attached hydrogens (primary N) is 1. The number of carbonyl (C=O) groups excluding carboxylic acids is 1. The predicted octanol–water partition coefficient (Wildman–Crippen LogP) is 4.29. The van der Waals surface area contributed by atoms with Gasteiger partial charge in [-0.15, -0.1) is 0 Å². The van der Waals surface area contributed by atoms with E-state index in [1.54, 1.807) is 12.1 Å². The molecule has 0 aromatic heterocycles. The van der Waals surface area contributed by atoms with Crippen molar-refractivity contribution < 1.29 is 19.4 Å². The molecule has 0 atom stereocenters. The number of anilines is 1. The fourth-order valence-corrected chi connectivity index (χ4v) is 2.74. The van der Waals surface area contributed by atoms with Crippen LogP contribution in [0.25, 0.3) is 0 Å². The second-order valence-electron chi connectivity index (χ2n) is 6.27. The van der Waals surface area contributed by atoms with Gasteiger partial charge in [0, 0.05) is 23.2 Å². The van der Waals surface area contributed by atoms with Gasteiger partial charge in [-0.2, -0.15) is 0 Å². The molecule has 0 radical (unpaired) electrons. The van der Waals surface area contributed by atoms with Gasteiger partial charge in [-0.3, -0.25) is 4.79 Å². The third-order valence-electron chi connectivity index (χ3n) is 4.25. The highest BCUT2D eigenvalue weighted by molar-refractivity contribution is 5.97. The van der Waals surface area contributed by atoms with Gasteiger partial charge in [0.15, 0.2) is 5.78 Å². The number of phenols is 1. The average Bonchev–Trinajstić information content (AvgIpc) is 2.60. The lowest BCUT2D eigenvalue weighted by molar-refractivity contribution is 0.101. The van der Waals surface area contributed by atoms with Crippen LogP contribution in [0.15, 0.2) is 30.3 Å². The number of Topliss-reactive ketones (excluding diaryl/α,β-unsaturated/α-hetero) is 1. The maximum atomic E-state index is 11.6. The molecule has 0 aliphatic heterocycles. The SMILES string of the molecule is CCCc1c(OCCCOc2cccc(N)c2C)ccc(C(C)=O)c1O. The van der Waals surface area contributed by atoms with Gasteiger partial charge in [0.25, 0.3) is 0 Å². The van der Waals surface area contributed by atoms with Gasteiger partial charge < -0.3 is 20.3 Å². The molecule has 3 N–H and O–H groups in total. The van der Waals surface area contributed by atoms with E-state index in [-0.39, 0.29) is 11.5 Å². The normalized spacial score (nSPS) is 10.6. The highest BCUT2D eigenvalue weighted by Gasteiger charge is 2.15. The number of ketones is 1. The molecule has 0 fully saturated rings. The van der Waals surface area contributed by atoms with E-state index in [0.29, 0.717) is 48.6 Å². The summed E-state index contributed by atoms with van der Waals surface area (Å²) >= 11 is 0. The topological polar surface area (TPSA) is 81.8 Å². The minimum absolute atomic E-state index is 0.0310. The Hall–Kier alpha value is -2.69. The summed E-state index contributed by atoms with van der Waals surface area (Å²) in [6, 6.07) is 8.97. The molecule has 0 saturated heterocycles. The van der Waals surface area contributed by atoms with Gasteiger partial charge >= 0.3 is 0 Å². The van der Waals surface area contributed by atoms with E-state index in [9.17, 15) is 9.90 Å². The van der Waals surface area contributed by atoms with Crippen molar-refractivity contribution in [3.63, 3.8) is 0 Å². The van der Waals surface area contributed by atoms with Crippen LogP contribution in [-0.2, 0) is 6.42 Å². The quantitative estimate of drug-likeness (QED) is 0.397. The first-order valence-corrected chi connectivity index (χ1v) is 8.92. The molecule has 2 aromatic rings. The number of aromatic hydroxyl groups is 1. The van der Waals surface area contributed by atoms with E-state index < -0.39 is 0 Å². The first-order chi connectivity index (χ1) is 12.5. The lowest BCUT2D eigenvalue weighted by Gasteiger charge is -2.15. The minimum Gasteiger partial charge on any atom is -0.507 e. The number of ether oxygens (including phenoxy) is 2. The molecular formula is C21H27NO4. The molecule has 0 spiro atoms. The van der Waals surface area contributed by atoms with Crippen molar-refractivity contribution in [2.24, 2.45) is 0 Å². The van der Waals surface area contributed by atoms with Gasteiger partial charge in [0.2, 0.25) is 0 Å². The van der Waals surface area contributed by atoms with E-state index >= 15 is 0 Å². The number of benzene rings is 2. The van der Waals surface area contributed by atoms with Crippen LogP contribution >= 0.6 is 0 Å². The summed E-state index contributed by atoms with van der Waals surface area (Å²) < 4.78 is 11.6. The van der Waals surface area contributed by atoms with Gasteiger partial charge in [0.05, 0.1) is 18.8 Å². The van der Waals surface area contributed by atoms with Crippen molar-refractivity contribution >= 4 is 11.5 Å². The fourth-order valence-electron chi connectivity index (χ4n) is 2.74. The maximum absolute atomic E-state index is 11.6. The number of carbonyl (C=O) groups is 1. The van der Waals surface area contributed by atoms with Crippen LogP contribution in [0, 0.1) is 6.92 Å². The third kappa shape index (κ3) is 4.69. The monoisotopic (exact) mass is 357 g/mol. The Labute approximate surface area is 154 Å². The zero-order valence-corrected chi connectivity index (χ0v) is 15.7. The second kappa shape index (κ2) is 9.13. The molecule has 0 aliphatic rings. The van der Waals surface area contributed by atoms with Crippen molar-refractivity contribution in [2.75, 3.05) is 18.9 Å². The number of rotatable bonds is 9. The summed E-state index contributed by atoms with van der Waals surface area (Å²) in [6.07, 6.45) is 2.19. The largest absolute Gasteiger partial charge is 0.507 e. The van der Waals surface area contributed by atoms with Crippen molar-refractivity contribution in [3.05, 3.63) is 47.0 Å². The molecule has 2 rings (SSSR count). The Bertz CT molecular complexity index is 771. The molecule has 5 nitrogen and oxygen atoms in total. The Kier molecular flexibility index (Phi) is 6.89. The molecule has 140 valence electrons. The number of nitrogen functional groups attached to an aromatic ring is 1.